The first kappa shape index (κ1) is 18.6. The average Bonchev–Trinajstić information content (AvgIpc) is 2.41. The second-order valence-electron chi connectivity index (χ2n) is 4.18. The standard InChI is InChI=1S/C12H25N3O5/c1-19-8-9-20-7-6-14-11(16)10(15-12(17)18)4-2-3-5-13/h10,15H,2-9,13H2,1H3,(H,14,16)(H,17,18). The van der Waals surface area contributed by atoms with E-state index in [0.29, 0.717) is 45.8 Å². The van der Waals surface area contributed by atoms with Crippen LogP contribution in [0.3, 0.4) is 0 Å². The van der Waals surface area contributed by atoms with Crippen molar-refractivity contribution in [1.82, 2.24) is 10.6 Å². The van der Waals surface area contributed by atoms with Crippen LogP contribution in [0.25, 0.3) is 0 Å². The van der Waals surface area contributed by atoms with E-state index in [1.807, 2.05) is 0 Å². The minimum atomic E-state index is -1.21. The van der Waals surface area contributed by atoms with Crippen molar-refractivity contribution in [2.24, 2.45) is 5.73 Å². The molecule has 0 fully saturated rings. The topological polar surface area (TPSA) is 123 Å². The fourth-order valence-corrected chi connectivity index (χ4v) is 1.52. The van der Waals surface area contributed by atoms with Gasteiger partial charge in [-0.25, -0.2) is 4.79 Å². The fourth-order valence-electron chi connectivity index (χ4n) is 1.52. The minimum Gasteiger partial charge on any atom is -0.465 e. The maximum atomic E-state index is 11.8. The van der Waals surface area contributed by atoms with Crippen molar-refractivity contribution in [2.45, 2.75) is 25.3 Å². The van der Waals surface area contributed by atoms with Crippen molar-refractivity contribution >= 4 is 12.0 Å². The lowest BCUT2D eigenvalue weighted by Crippen LogP contribution is -2.47. The molecule has 1 unspecified atom stereocenters. The first-order valence-corrected chi connectivity index (χ1v) is 6.65. The van der Waals surface area contributed by atoms with Gasteiger partial charge in [0.1, 0.15) is 6.04 Å². The number of carboxylic acid groups (broad SMARTS) is 1. The molecule has 8 heteroatoms. The molecule has 0 rings (SSSR count). The first-order chi connectivity index (χ1) is 9.61. The molecule has 20 heavy (non-hydrogen) atoms. The Bertz CT molecular complexity index is 276. The highest BCUT2D eigenvalue weighted by Gasteiger charge is 2.19. The molecule has 0 saturated heterocycles. The Hall–Kier alpha value is -1.38. The Balaban J connectivity index is 3.90. The van der Waals surface area contributed by atoms with Crippen LogP contribution >= 0.6 is 0 Å². The van der Waals surface area contributed by atoms with Gasteiger partial charge in [0, 0.05) is 13.7 Å². The molecule has 2 amide bonds. The van der Waals surface area contributed by atoms with Gasteiger partial charge in [-0.3, -0.25) is 4.79 Å². The smallest absolute Gasteiger partial charge is 0.405 e. The van der Waals surface area contributed by atoms with Gasteiger partial charge >= 0.3 is 6.09 Å². The van der Waals surface area contributed by atoms with Crippen molar-refractivity contribution in [3.63, 3.8) is 0 Å². The monoisotopic (exact) mass is 291 g/mol. The summed E-state index contributed by atoms with van der Waals surface area (Å²) in [6.07, 6.45) is 0.666. The molecule has 0 spiro atoms. The summed E-state index contributed by atoms with van der Waals surface area (Å²) < 4.78 is 10.00. The summed E-state index contributed by atoms with van der Waals surface area (Å²) in [5, 5.41) is 13.5. The number of carbonyl (C=O) groups excluding carboxylic acids is 1. The summed E-state index contributed by atoms with van der Waals surface area (Å²) in [6, 6.07) is -0.752. The minimum absolute atomic E-state index is 0.331. The van der Waals surface area contributed by atoms with Crippen molar-refractivity contribution in [1.29, 1.82) is 0 Å². The summed E-state index contributed by atoms with van der Waals surface area (Å²) in [7, 11) is 1.58. The van der Waals surface area contributed by atoms with Crippen LogP contribution in [-0.2, 0) is 14.3 Å². The van der Waals surface area contributed by atoms with Crippen LogP contribution in [-0.4, -0.2) is 63.2 Å². The van der Waals surface area contributed by atoms with Gasteiger partial charge in [0.2, 0.25) is 5.91 Å². The maximum Gasteiger partial charge on any atom is 0.405 e. The normalized spacial score (nSPS) is 11.9. The highest BCUT2D eigenvalue weighted by atomic mass is 16.5. The lowest BCUT2D eigenvalue weighted by molar-refractivity contribution is -0.123. The Morgan fingerprint density at radius 2 is 2.00 bits per heavy atom. The van der Waals surface area contributed by atoms with E-state index >= 15 is 0 Å². The molecule has 0 aromatic rings. The predicted molar refractivity (Wildman–Crippen MR) is 73.6 cm³/mol. The zero-order chi connectivity index (χ0) is 15.2. The van der Waals surface area contributed by atoms with E-state index in [4.69, 9.17) is 20.3 Å². The molecule has 0 aromatic carbocycles. The first-order valence-electron chi connectivity index (χ1n) is 6.65. The molecule has 0 heterocycles. The van der Waals surface area contributed by atoms with Crippen LogP contribution in [0.5, 0.6) is 0 Å². The highest BCUT2D eigenvalue weighted by Crippen LogP contribution is 2.00. The van der Waals surface area contributed by atoms with Crippen LogP contribution in [0, 0.1) is 0 Å². The number of ether oxygens (including phenoxy) is 2. The van der Waals surface area contributed by atoms with Crippen molar-refractivity contribution in [2.75, 3.05) is 40.0 Å². The number of carbonyl (C=O) groups is 2. The molecule has 0 aliphatic rings. The Morgan fingerprint density at radius 1 is 1.25 bits per heavy atom. The van der Waals surface area contributed by atoms with Crippen LogP contribution in [0.1, 0.15) is 19.3 Å². The van der Waals surface area contributed by atoms with Crippen molar-refractivity contribution in [3.8, 4) is 0 Å². The van der Waals surface area contributed by atoms with Gasteiger partial charge < -0.3 is 30.9 Å². The summed E-state index contributed by atoms with van der Waals surface area (Å²) in [6.45, 7) is 2.17. The van der Waals surface area contributed by atoms with Gasteiger partial charge in [0.05, 0.1) is 19.8 Å². The number of amides is 2. The third-order valence-corrected chi connectivity index (χ3v) is 2.54. The average molecular weight is 291 g/mol. The van der Waals surface area contributed by atoms with E-state index in [2.05, 4.69) is 10.6 Å². The molecular formula is C12H25N3O5. The van der Waals surface area contributed by atoms with Gasteiger partial charge in [0.15, 0.2) is 0 Å². The predicted octanol–water partition coefficient (Wildman–Crippen LogP) is -0.469. The van der Waals surface area contributed by atoms with E-state index in [9.17, 15) is 9.59 Å². The zero-order valence-electron chi connectivity index (χ0n) is 11.9. The summed E-state index contributed by atoms with van der Waals surface area (Å²) in [5.41, 5.74) is 5.37. The lowest BCUT2D eigenvalue weighted by atomic mass is 10.1. The Morgan fingerprint density at radius 3 is 2.60 bits per heavy atom. The molecular weight excluding hydrogens is 266 g/mol. The number of hydrogen-bond acceptors (Lipinski definition) is 5. The molecule has 0 bridgehead atoms. The number of nitrogens with two attached hydrogens (primary N) is 1. The third kappa shape index (κ3) is 10.5. The largest absolute Gasteiger partial charge is 0.465 e. The molecule has 5 N–H and O–H groups in total. The molecule has 8 nitrogen and oxygen atoms in total. The summed E-state index contributed by atoms with van der Waals surface area (Å²) in [5.74, 6) is -0.347. The number of nitrogens with one attached hydrogen (secondary N) is 2. The van der Waals surface area contributed by atoms with Gasteiger partial charge in [-0.1, -0.05) is 0 Å². The SMILES string of the molecule is COCCOCCNC(=O)C(CCCCN)NC(=O)O. The Labute approximate surface area is 119 Å². The third-order valence-electron chi connectivity index (χ3n) is 2.54. The van der Waals surface area contributed by atoms with E-state index in [-0.39, 0.29) is 5.91 Å². The highest BCUT2D eigenvalue weighted by molar-refractivity contribution is 5.85. The number of rotatable bonds is 12. The molecule has 0 radical (unpaired) electrons. The molecule has 0 aliphatic heterocycles. The molecule has 118 valence electrons. The second kappa shape index (κ2) is 12.6. The quantitative estimate of drug-likeness (QED) is 0.361. The van der Waals surface area contributed by atoms with Crippen molar-refractivity contribution in [3.05, 3.63) is 0 Å². The molecule has 1 atom stereocenters. The van der Waals surface area contributed by atoms with E-state index < -0.39 is 12.1 Å². The van der Waals surface area contributed by atoms with Crippen LogP contribution < -0.4 is 16.4 Å². The van der Waals surface area contributed by atoms with Crippen molar-refractivity contribution < 1.29 is 24.2 Å². The summed E-state index contributed by atoms with van der Waals surface area (Å²) in [4.78, 5) is 22.5. The lowest BCUT2D eigenvalue weighted by Gasteiger charge is -2.16. The number of hydrogen-bond donors (Lipinski definition) is 4. The van der Waals surface area contributed by atoms with E-state index in [1.54, 1.807) is 7.11 Å². The van der Waals surface area contributed by atoms with Crippen LogP contribution in [0.15, 0.2) is 0 Å². The molecule has 0 saturated carbocycles. The van der Waals surface area contributed by atoms with Gasteiger partial charge in [0.25, 0.3) is 0 Å². The van der Waals surface area contributed by atoms with Crippen LogP contribution in [0.2, 0.25) is 0 Å². The number of unbranched alkanes of at least 4 members (excludes halogenated alkanes) is 1. The molecule has 0 aliphatic carbocycles. The Kier molecular flexibility index (Phi) is 11.8. The van der Waals surface area contributed by atoms with Crippen LogP contribution in [0.4, 0.5) is 4.79 Å². The van der Waals surface area contributed by atoms with Gasteiger partial charge in [-0.05, 0) is 25.8 Å². The maximum absolute atomic E-state index is 11.8. The van der Waals surface area contributed by atoms with Gasteiger partial charge in [-0.2, -0.15) is 0 Å². The zero-order valence-corrected chi connectivity index (χ0v) is 11.9. The van der Waals surface area contributed by atoms with E-state index in [0.717, 1.165) is 6.42 Å². The van der Waals surface area contributed by atoms with Gasteiger partial charge in [-0.15, -0.1) is 0 Å². The summed E-state index contributed by atoms with van der Waals surface area (Å²) >= 11 is 0. The second-order valence-corrected chi connectivity index (χ2v) is 4.18. The number of methoxy groups -OCH3 is 1. The molecule has 0 aromatic heterocycles. The fraction of sp³-hybridized carbons (Fsp3) is 0.833. The van der Waals surface area contributed by atoms with E-state index in [1.165, 1.54) is 0 Å².